The Bertz CT molecular complexity index is 604. The van der Waals surface area contributed by atoms with Gasteiger partial charge in [-0.3, -0.25) is 0 Å². The van der Waals surface area contributed by atoms with Crippen molar-refractivity contribution >= 4 is 11.7 Å². The highest BCUT2D eigenvalue weighted by molar-refractivity contribution is 5.91. The molecule has 7 nitrogen and oxygen atoms in total. The molecule has 3 aliphatic heterocycles. The molecule has 5 aliphatic rings. The number of ether oxygens (including phenoxy) is 2. The third-order valence-corrected chi connectivity index (χ3v) is 7.29. The Morgan fingerprint density at radius 1 is 1.08 bits per heavy atom. The fourth-order valence-corrected chi connectivity index (χ4v) is 5.85. The van der Waals surface area contributed by atoms with E-state index in [1.54, 1.807) is 5.01 Å². The highest BCUT2D eigenvalue weighted by atomic mass is 16.7. The van der Waals surface area contributed by atoms with E-state index in [0.29, 0.717) is 30.6 Å². The average Bonchev–Trinajstić information content (AvgIpc) is 3.14. The van der Waals surface area contributed by atoms with Crippen LogP contribution in [-0.2, 0) is 9.47 Å². The van der Waals surface area contributed by atoms with E-state index in [9.17, 15) is 4.79 Å². The zero-order chi connectivity index (χ0) is 17.8. The van der Waals surface area contributed by atoms with Gasteiger partial charge in [0.1, 0.15) is 6.79 Å². The number of hydrazone groups is 1. The maximum absolute atomic E-state index is 12.6. The molecule has 26 heavy (non-hydrogen) atoms. The Hall–Kier alpha value is -1.18. The summed E-state index contributed by atoms with van der Waals surface area (Å²) in [5, 5.41) is 6.83. The first-order chi connectivity index (χ1) is 12.6. The van der Waals surface area contributed by atoms with Crippen molar-refractivity contribution in [3.05, 3.63) is 0 Å². The monoisotopic (exact) mass is 362 g/mol. The topological polar surface area (TPSA) is 80.4 Å². The molecule has 2 aliphatic carbocycles. The van der Waals surface area contributed by atoms with Crippen LogP contribution in [0, 0.1) is 17.8 Å². The molecule has 2 saturated heterocycles. The van der Waals surface area contributed by atoms with Gasteiger partial charge >= 0.3 is 6.03 Å². The fourth-order valence-electron chi connectivity index (χ4n) is 5.85. The summed E-state index contributed by atoms with van der Waals surface area (Å²) in [4.78, 5) is 14.5. The Kier molecular flexibility index (Phi) is 4.21. The molecule has 7 heteroatoms. The van der Waals surface area contributed by atoms with Crippen LogP contribution in [0.4, 0.5) is 4.79 Å². The predicted molar refractivity (Wildman–Crippen MR) is 96.5 cm³/mol. The van der Waals surface area contributed by atoms with Gasteiger partial charge in [0.15, 0.2) is 0 Å². The predicted octanol–water partition coefficient (Wildman–Crippen LogP) is 1.77. The lowest BCUT2D eigenvalue weighted by molar-refractivity contribution is 0.0384. The fraction of sp³-hybridized carbons (Fsp3) is 0.895. The maximum Gasteiger partial charge on any atom is 0.340 e. The van der Waals surface area contributed by atoms with E-state index in [1.807, 2.05) is 11.9 Å². The summed E-state index contributed by atoms with van der Waals surface area (Å²) >= 11 is 0. The third kappa shape index (κ3) is 2.75. The van der Waals surface area contributed by atoms with Crippen molar-refractivity contribution in [3.63, 3.8) is 0 Å². The number of likely N-dealkylation sites (N-methyl/N-ethyl adjacent to an activating group) is 1. The first-order valence-corrected chi connectivity index (χ1v) is 10.2. The minimum Gasteiger partial charge on any atom is -0.349 e. The van der Waals surface area contributed by atoms with E-state index in [1.165, 1.54) is 5.71 Å². The molecule has 3 heterocycles. The maximum atomic E-state index is 12.6. The van der Waals surface area contributed by atoms with Gasteiger partial charge in [-0.25, -0.2) is 9.80 Å². The van der Waals surface area contributed by atoms with E-state index >= 15 is 0 Å². The Labute approximate surface area is 154 Å². The number of hydrogen-bond donors (Lipinski definition) is 1. The Morgan fingerprint density at radius 3 is 2.58 bits per heavy atom. The molecule has 0 spiro atoms. The summed E-state index contributed by atoms with van der Waals surface area (Å²) in [5.74, 6) is 1.40. The lowest BCUT2D eigenvalue weighted by atomic mass is 9.67. The quantitative estimate of drug-likeness (QED) is 0.771. The first kappa shape index (κ1) is 17.0. The van der Waals surface area contributed by atoms with E-state index in [2.05, 4.69) is 0 Å². The van der Waals surface area contributed by atoms with Gasteiger partial charge in [0.05, 0.1) is 18.2 Å². The molecule has 2 saturated carbocycles. The van der Waals surface area contributed by atoms with Crippen molar-refractivity contribution in [3.8, 4) is 0 Å². The van der Waals surface area contributed by atoms with Crippen LogP contribution in [0.3, 0.4) is 0 Å². The molecule has 0 aromatic heterocycles. The van der Waals surface area contributed by atoms with Gasteiger partial charge in [-0.05, 0) is 56.8 Å². The molecule has 2 N–H and O–H groups in total. The van der Waals surface area contributed by atoms with Crippen LogP contribution in [0.15, 0.2) is 5.10 Å². The van der Waals surface area contributed by atoms with Crippen molar-refractivity contribution in [1.82, 2.24) is 9.91 Å². The number of carbonyl (C=O) groups is 1. The normalized spacial score (nSPS) is 45.7. The Morgan fingerprint density at radius 2 is 1.81 bits per heavy atom. The number of nitrogens with two attached hydrogens (primary N) is 1. The molecule has 5 atom stereocenters. The molecule has 144 valence electrons. The SMILES string of the molecule is CN1CC2CC3CC4OCOC4CC3C(C3CCC(N)CC3)=NN2C1=O. The number of hydrogen-bond acceptors (Lipinski definition) is 5. The van der Waals surface area contributed by atoms with E-state index in [-0.39, 0.29) is 24.3 Å². The molecule has 5 unspecified atom stereocenters. The van der Waals surface area contributed by atoms with Gasteiger partial charge in [-0.15, -0.1) is 0 Å². The van der Waals surface area contributed by atoms with Gasteiger partial charge in [-0.1, -0.05) is 0 Å². The number of urea groups is 1. The summed E-state index contributed by atoms with van der Waals surface area (Å²) in [6.45, 7) is 1.20. The second-order valence-electron chi connectivity index (χ2n) is 8.90. The third-order valence-electron chi connectivity index (χ3n) is 7.29. The van der Waals surface area contributed by atoms with Crippen LogP contribution < -0.4 is 5.73 Å². The number of carbonyl (C=O) groups excluding carboxylic acids is 1. The molecule has 2 amide bonds. The van der Waals surface area contributed by atoms with Crippen LogP contribution in [-0.4, -0.2) is 66.3 Å². The minimum atomic E-state index is 0.0475. The molecular formula is C19H30N4O3. The second kappa shape index (κ2) is 6.46. The molecule has 0 bridgehead atoms. The smallest absolute Gasteiger partial charge is 0.340 e. The summed E-state index contributed by atoms with van der Waals surface area (Å²) < 4.78 is 11.7. The molecule has 0 aromatic rings. The summed E-state index contributed by atoms with van der Waals surface area (Å²) in [5.41, 5.74) is 7.39. The van der Waals surface area contributed by atoms with E-state index < -0.39 is 0 Å². The lowest BCUT2D eigenvalue weighted by Gasteiger charge is -2.39. The lowest BCUT2D eigenvalue weighted by Crippen LogP contribution is -2.43. The van der Waals surface area contributed by atoms with Gasteiger partial charge in [0, 0.05) is 31.3 Å². The summed E-state index contributed by atoms with van der Waals surface area (Å²) in [6.07, 6.45) is 7.76. The van der Waals surface area contributed by atoms with Crippen molar-refractivity contribution < 1.29 is 14.3 Å². The van der Waals surface area contributed by atoms with Crippen molar-refractivity contribution in [2.45, 2.75) is 69.2 Å². The van der Waals surface area contributed by atoms with Gasteiger partial charge in [0.25, 0.3) is 0 Å². The zero-order valence-electron chi connectivity index (χ0n) is 15.5. The van der Waals surface area contributed by atoms with Crippen molar-refractivity contribution in [2.24, 2.45) is 28.6 Å². The van der Waals surface area contributed by atoms with Crippen molar-refractivity contribution in [2.75, 3.05) is 20.4 Å². The summed E-state index contributed by atoms with van der Waals surface area (Å²) in [6, 6.07) is 0.566. The number of amides is 2. The van der Waals surface area contributed by atoms with Crippen LogP contribution >= 0.6 is 0 Å². The zero-order valence-corrected chi connectivity index (χ0v) is 15.5. The first-order valence-electron chi connectivity index (χ1n) is 10.2. The van der Waals surface area contributed by atoms with Crippen LogP contribution in [0.25, 0.3) is 0 Å². The molecule has 5 rings (SSSR count). The number of fused-ring (bicyclic) bond motifs is 3. The highest BCUT2D eigenvalue weighted by Gasteiger charge is 2.49. The van der Waals surface area contributed by atoms with Crippen LogP contribution in [0.5, 0.6) is 0 Å². The van der Waals surface area contributed by atoms with Crippen LogP contribution in [0.2, 0.25) is 0 Å². The standard InChI is InChI=1S/C19H30N4O3/c1-22-9-14-6-12-7-16-17(26-10-25-16)8-15(12)18(21-23(14)19(22)24)11-2-4-13(20)5-3-11/h11-17H,2-10,20H2,1H3. The molecule has 4 fully saturated rings. The van der Waals surface area contributed by atoms with Crippen molar-refractivity contribution in [1.29, 1.82) is 0 Å². The van der Waals surface area contributed by atoms with Gasteiger partial charge in [0.2, 0.25) is 0 Å². The largest absolute Gasteiger partial charge is 0.349 e. The average molecular weight is 362 g/mol. The van der Waals surface area contributed by atoms with Gasteiger partial charge < -0.3 is 20.1 Å². The van der Waals surface area contributed by atoms with E-state index in [4.69, 9.17) is 20.3 Å². The Balaban J connectivity index is 1.48. The highest BCUT2D eigenvalue weighted by Crippen LogP contribution is 2.45. The number of nitrogens with zero attached hydrogens (tertiary/aromatic N) is 3. The molecule has 0 radical (unpaired) electrons. The second-order valence-corrected chi connectivity index (χ2v) is 8.90. The molecular weight excluding hydrogens is 332 g/mol. The summed E-state index contributed by atoms with van der Waals surface area (Å²) in [7, 11) is 1.88. The number of rotatable bonds is 1. The minimum absolute atomic E-state index is 0.0475. The molecule has 0 aromatic carbocycles. The van der Waals surface area contributed by atoms with Gasteiger partial charge in [-0.2, -0.15) is 5.10 Å². The van der Waals surface area contributed by atoms with Crippen LogP contribution in [0.1, 0.15) is 44.9 Å². The van der Waals surface area contributed by atoms with E-state index in [0.717, 1.165) is 51.5 Å².